The zero-order valence-electron chi connectivity index (χ0n) is 10.7. The molecule has 1 aromatic heterocycles. The summed E-state index contributed by atoms with van der Waals surface area (Å²) in [6.07, 6.45) is 7.50. The molecule has 0 aliphatic carbocycles. The number of hydrogen-bond donors (Lipinski definition) is 1. The molecule has 1 saturated heterocycles. The van der Waals surface area contributed by atoms with E-state index in [1.165, 1.54) is 0 Å². The van der Waals surface area contributed by atoms with Crippen LogP contribution >= 0.6 is 0 Å². The Bertz CT molecular complexity index is 394. The number of carbonyl (C=O) groups is 1. The predicted octanol–water partition coefficient (Wildman–Crippen LogP) is 2.47. The van der Waals surface area contributed by atoms with E-state index in [1.54, 1.807) is 12.4 Å². The van der Waals surface area contributed by atoms with Crippen LogP contribution < -0.4 is 0 Å². The molecule has 0 radical (unpaired) electrons. The van der Waals surface area contributed by atoms with Crippen molar-refractivity contribution in [2.45, 2.75) is 44.7 Å². The van der Waals surface area contributed by atoms with E-state index in [-0.39, 0.29) is 12.1 Å². The molecule has 2 atom stereocenters. The molecule has 0 aromatic carbocycles. The van der Waals surface area contributed by atoms with Gasteiger partial charge >= 0.3 is 5.97 Å². The number of nitrogens with zero attached hydrogens (tertiary/aromatic N) is 2. The van der Waals surface area contributed by atoms with Gasteiger partial charge in [-0.15, -0.1) is 0 Å². The number of carboxylic acid groups (broad SMARTS) is 1. The molecule has 0 saturated carbocycles. The predicted molar refractivity (Wildman–Crippen MR) is 69.2 cm³/mol. The van der Waals surface area contributed by atoms with Crippen molar-refractivity contribution in [2.75, 3.05) is 6.54 Å². The van der Waals surface area contributed by atoms with Crippen molar-refractivity contribution in [1.29, 1.82) is 0 Å². The van der Waals surface area contributed by atoms with Crippen molar-refractivity contribution in [2.24, 2.45) is 0 Å². The van der Waals surface area contributed by atoms with Gasteiger partial charge in [0.1, 0.15) is 6.04 Å². The Kier molecular flexibility index (Phi) is 4.31. The van der Waals surface area contributed by atoms with Crippen LogP contribution in [-0.4, -0.2) is 33.5 Å². The number of likely N-dealkylation sites (tertiary alicyclic amines) is 1. The molecule has 1 aliphatic rings. The first-order valence-electron chi connectivity index (χ1n) is 6.58. The van der Waals surface area contributed by atoms with Crippen LogP contribution in [0.3, 0.4) is 0 Å². The maximum absolute atomic E-state index is 11.4. The van der Waals surface area contributed by atoms with E-state index in [2.05, 4.69) is 16.8 Å². The van der Waals surface area contributed by atoms with Gasteiger partial charge in [0.25, 0.3) is 0 Å². The van der Waals surface area contributed by atoms with Gasteiger partial charge in [0.15, 0.2) is 0 Å². The minimum Gasteiger partial charge on any atom is -0.480 e. The van der Waals surface area contributed by atoms with Gasteiger partial charge < -0.3 is 5.11 Å². The molecule has 0 amide bonds. The van der Waals surface area contributed by atoms with E-state index in [0.717, 1.165) is 37.8 Å². The summed E-state index contributed by atoms with van der Waals surface area (Å²) in [6, 6.07) is 3.71. The van der Waals surface area contributed by atoms with Crippen LogP contribution in [0.15, 0.2) is 24.5 Å². The number of carboxylic acids is 1. The van der Waals surface area contributed by atoms with E-state index < -0.39 is 5.97 Å². The molecule has 0 spiro atoms. The van der Waals surface area contributed by atoms with Crippen LogP contribution in [0.1, 0.15) is 44.2 Å². The van der Waals surface area contributed by atoms with E-state index >= 15 is 0 Å². The second-order valence-electron chi connectivity index (χ2n) is 4.90. The number of hydrogen-bond acceptors (Lipinski definition) is 3. The smallest absolute Gasteiger partial charge is 0.320 e. The first kappa shape index (κ1) is 13.0. The van der Waals surface area contributed by atoms with Gasteiger partial charge in [-0.3, -0.25) is 14.7 Å². The van der Waals surface area contributed by atoms with Crippen molar-refractivity contribution < 1.29 is 9.90 Å². The molecular weight excluding hydrogens is 228 g/mol. The Morgan fingerprint density at radius 3 is 2.78 bits per heavy atom. The molecule has 2 heterocycles. The third-order valence-electron chi connectivity index (χ3n) is 3.77. The molecule has 2 unspecified atom stereocenters. The molecule has 2 rings (SSSR count). The zero-order chi connectivity index (χ0) is 13.0. The number of rotatable bonds is 3. The Balaban J connectivity index is 2.19. The fourth-order valence-corrected chi connectivity index (χ4v) is 2.69. The highest BCUT2D eigenvalue weighted by atomic mass is 16.4. The normalized spacial score (nSPS) is 23.3. The lowest BCUT2D eigenvalue weighted by Crippen LogP contribution is -2.42. The van der Waals surface area contributed by atoms with Crippen LogP contribution in [0.4, 0.5) is 0 Å². The summed E-state index contributed by atoms with van der Waals surface area (Å²) in [5.74, 6) is -0.696. The fraction of sp³-hybridized carbons (Fsp3) is 0.571. The quantitative estimate of drug-likeness (QED) is 0.892. The highest BCUT2D eigenvalue weighted by molar-refractivity contribution is 5.73. The second kappa shape index (κ2) is 5.96. The van der Waals surface area contributed by atoms with Gasteiger partial charge in [0.2, 0.25) is 0 Å². The first-order chi connectivity index (χ1) is 8.70. The molecule has 4 nitrogen and oxygen atoms in total. The Morgan fingerprint density at radius 1 is 1.39 bits per heavy atom. The Hall–Kier alpha value is -1.42. The van der Waals surface area contributed by atoms with Crippen molar-refractivity contribution >= 4 is 5.97 Å². The van der Waals surface area contributed by atoms with Gasteiger partial charge in [0.05, 0.1) is 0 Å². The van der Waals surface area contributed by atoms with Crippen molar-refractivity contribution in [1.82, 2.24) is 9.88 Å². The summed E-state index contributed by atoms with van der Waals surface area (Å²) in [5.41, 5.74) is 1.14. The Labute approximate surface area is 108 Å². The van der Waals surface area contributed by atoms with Gasteiger partial charge in [-0.05, 0) is 44.0 Å². The maximum atomic E-state index is 11.4. The first-order valence-corrected chi connectivity index (χ1v) is 6.58. The maximum Gasteiger partial charge on any atom is 0.320 e. The van der Waals surface area contributed by atoms with Gasteiger partial charge in [-0.1, -0.05) is 12.8 Å². The summed E-state index contributed by atoms with van der Waals surface area (Å²) in [4.78, 5) is 17.5. The van der Waals surface area contributed by atoms with Crippen molar-refractivity contribution in [3.63, 3.8) is 0 Å². The third kappa shape index (κ3) is 2.88. The summed E-state index contributed by atoms with van der Waals surface area (Å²) in [6.45, 7) is 2.94. The van der Waals surface area contributed by atoms with Crippen LogP contribution in [0.25, 0.3) is 0 Å². The third-order valence-corrected chi connectivity index (χ3v) is 3.77. The monoisotopic (exact) mass is 248 g/mol. The lowest BCUT2D eigenvalue weighted by molar-refractivity contribution is -0.144. The molecular formula is C14H20N2O2. The molecule has 1 fully saturated rings. The van der Waals surface area contributed by atoms with Gasteiger partial charge in [-0.2, -0.15) is 0 Å². The molecule has 0 bridgehead atoms. The number of aliphatic carboxylic acids is 1. The van der Waals surface area contributed by atoms with E-state index in [1.807, 2.05) is 12.1 Å². The average molecular weight is 248 g/mol. The molecule has 18 heavy (non-hydrogen) atoms. The van der Waals surface area contributed by atoms with Crippen LogP contribution in [0, 0.1) is 0 Å². The van der Waals surface area contributed by atoms with Crippen LogP contribution in [-0.2, 0) is 4.79 Å². The summed E-state index contributed by atoms with van der Waals surface area (Å²) in [7, 11) is 0. The fourth-order valence-electron chi connectivity index (χ4n) is 2.69. The van der Waals surface area contributed by atoms with Crippen LogP contribution in [0.2, 0.25) is 0 Å². The lowest BCUT2D eigenvalue weighted by Gasteiger charge is -2.32. The number of pyridine rings is 1. The average Bonchev–Trinajstić information content (AvgIpc) is 2.64. The highest BCUT2D eigenvalue weighted by Crippen LogP contribution is 2.27. The Morgan fingerprint density at radius 2 is 2.11 bits per heavy atom. The van der Waals surface area contributed by atoms with E-state index in [9.17, 15) is 9.90 Å². The molecule has 4 heteroatoms. The molecule has 1 aliphatic heterocycles. The van der Waals surface area contributed by atoms with Crippen LogP contribution in [0.5, 0.6) is 0 Å². The van der Waals surface area contributed by atoms with Gasteiger partial charge in [-0.25, -0.2) is 0 Å². The van der Waals surface area contributed by atoms with Crippen molar-refractivity contribution in [3.05, 3.63) is 30.1 Å². The number of aromatic nitrogens is 1. The lowest BCUT2D eigenvalue weighted by atomic mass is 10.0. The summed E-state index contributed by atoms with van der Waals surface area (Å²) in [5, 5.41) is 9.38. The molecule has 1 aromatic rings. The standard InChI is InChI=1S/C14H20N2O2/c1-11(12-6-8-15-9-7-12)16-10-4-2-3-5-13(16)14(17)18/h6-9,11,13H,2-5,10H2,1H3,(H,17,18). The minimum atomic E-state index is -0.696. The van der Waals surface area contributed by atoms with E-state index in [4.69, 9.17) is 0 Å². The van der Waals surface area contributed by atoms with Gasteiger partial charge in [0, 0.05) is 18.4 Å². The van der Waals surface area contributed by atoms with E-state index in [0.29, 0.717) is 0 Å². The molecule has 98 valence electrons. The zero-order valence-corrected chi connectivity index (χ0v) is 10.7. The SMILES string of the molecule is CC(c1ccncc1)N1CCCCCC1C(=O)O. The van der Waals surface area contributed by atoms with Crippen molar-refractivity contribution in [3.8, 4) is 0 Å². The minimum absolute atomic E-state index is 0.132. The highest BCUT2D eigenvalue weighted by Gasteiger charge is 2.30. The molecule has 1 N–H and O–H groups in total. The summed E-state index contributed by atoms with van der Waals surface area (Å²) < 4.78 is 0. The second-order valence-corrected chi connectivity index (χ2v) is 4.90. The largest absolute Gasteiger partial charge is 0.480 e. The summed E-state index contributed by atoms with van der Waals surface area (Å²) >= 11 is 0. The topological polar surface area (TPSA) is 53.4 Å².